The van der Waals surface area contributed by atoms with E-state index >= 15 is 0 Å². The normalized spacial score (nSPS) is 20.3. The van der Waals surface area contributed by atoms with E-state index in [4.69, 9.17) is 16.3 Å². The van der Waals surface area contributed by atoms with Crippen molar-refractivity contribution in [1.29, 1.82) is 0 Å². The Hall–Kier alpha value is -0.580. The van der Waals surface area contributed by atoms with Gasteiger partial charge in [0.1, 0.15) is 0 Å². The Morgan fingerprint density at radius 1 is 1.35 bits per heavy atom. The van der Waals surface area contributed by atoms with E-state index in [1.807, 2.05) is 18.8 Å². The summed E-state index contributed by atoms with van der Waals surface area (Å²) in [5.41, 5.74) is 0.872. The smallest absolute Gasteiger partial charge is 0.0888 e. The molecule has 1 fully saturated rings. The van der Waals surface area contributed by atoms with Crippen molar-refractivity contribution in [3.63, 3.8) is 0 Å². The quantitative estimate of drug-likeness (QED) is 0.900. The molecule has 1 aromatic heterocycles. The van der Waals surface area contributed by atoms with Gasteiger partial charge in [-0.05, 0) is 33.7 Å². The van der Waals surface area contributed by atoms with Gasteiger partial charge in [0.2, 0.25) is 0 Å². The monoisotopic (exact) mass is 299 g/mol. The highest BCUT2D eigenvalue weighted by atomic mass is 35.5. The first kappa shape index (κ1) is 15.8. The average molecular weight is 300 g/mol. The fraction of sp³-hybridized carbons (Fsp3) is 0.800. The number of nitrogens with one attached hydrogen (secondary N) is 1. The van der Waals surface area contributed by atoms with Gasteiger partial charge < -0.3 is 10.1 Å². The standard InChI is InChI=1S/C15H26ClN3O/c1-11(2)19-13(12(16)10-18-19)14(17-3)15(20-4)8-6-5-7-9-15/h10-11,14,17H,5-9H2,1-4H3. The topological polar surface area (TPSA) is 39.1 Å². The molecule has 1 N–H and O–H groups in total. The molecule has 5 heteroatoms. The zero-order valence-electron chi connectivity index (χ0n) is 12.9. The lowest BCUT2D eigenvalue weighted by Gasteiger charge is -2.42. The second-order valence-electron chi connectivity index (χ2n) is 5.97. The molecule has 0 aliphatic heterocycles. The Morgan fingerprint density at radius 3 is 2.50 bits per heavy atom. The molecule has 1 saturated carbocycles. The molecule has 0 aromatic carbocycles. The van der Waals surface area contributed by atoms with Gasteiger partial charge in [-0.2, -0.15) is 5.10 Å². The predicted octanol–water partition coefficient (Wildman–Crippen LogP) is 3.73. The van der Waals surface area contributed by atoms with Gasteiger partial charge in [-0.3, -0.25) is 4.68 Å². The molecule has 0 saturated heterocycles. The van der Waals surface area contributed by atoms with Crippen molar-refractivity contribution in [2.24, 2.45) is 0 Å². The lowest BCUT2D eigenvalue weighted by Crippen LogP contribution is -2.47. The molecule has 0 bridgehead atoms. The Morgan fingerprint density at radius 2 is 2.00 bits per heavy atom. The minimum Gasteiger partial charge on any atom is -0.376 e. The Labute approximate surface area is 126 Å². The van der Waals surface area contributed by atoms with E-state index in [1.54, 1.807) is 6.20 Å². The Bertz CT molecular complexity index is 438. The third kappa shape index (κ3) is 2.74. The number of methoxy groups -OCH3 is 1. The first-order valence-electron chi connectivity index (χ1n) is 7.51. The summed E-state index contributed by atoms with van der Waals surface area (Å²) in [6, 6.07) is 0.357. The highest BCUT2D eigenvalue weighted by Gasteiger charge is 2.42. The van der Waals surface area contributed by atoms with Crippen LogP contribution in [0, 0.1) is 0 Å². The second kappa shape index (κ2) is 6.46. The molecule has 2 rings (SSSR count). The largest absolute Gasteiger partial charge is 0.376 e. The molecule has 0 radical (unpaired) electrons. The summed E-state index contributed by atoms with van der Waals surface area (Å²) in [7, 11) is 3.80. The molecule has 1 aliphatic rings. The first-order chi connectivity index (χ1) is 9.55. The zero-order valence-corrected chi connectivity index (χ0v) is 13.7. The van der Waals surface area contributed by atoms with Crippen LogP contribution in [-0.4, -0.2) is 29.5 Å². The van der Waals surface area contributed by atoms with Crippen molar-refractivity contribution >= 4 is 11.6 Å². The molecule has 1 aliphatic carbocycles. The third-order valence-corrected chi connectivity index (χ3v) is 4.76. The van der Waals surface area contributed by atoms with Crippen molar-refractivity contribution in [1.82, 2.24) is 15.1 Å². The fourth-order valence-corrected chi connectivity index (χ4v) is 3.68. The van der Waals surface area contributed by atoms with Crippen LogP contribution >= 0.6 is 11.6 Å². The highest BCUT2D eigenvalue weighted by molar-refractivity contribution is 6.31. The lowest BCUT2D eigenvalue weighted by atomic mass is 9.78. The summed E-state index contributed by atoms with van der Waals surface area (Å²) in [4.78, 5) is 0. The zero-order chi connectivity index (χ0) is 14.8. The first-order valence-corrected chi connectivity index (χ1v) is 7.89. The molecule has 0 amide bonds. The van der Waals surface area contributed by atoms with E-state index in [-0.39, 0.29) is 17.7 Å². The van der Waals surface area contributed by atoms with Crippen molar-refractivity contribution in [2.45, 2.75) is 63.6 Å². The van der Waals surface area contributed by atoms with Gasteiger partial charge in [0.05, 0.1) is 28.6 Å². The van der Waals surface area contributed by atoms with Gasteiger partial charge in [0.15, 0.2) is 0 Å². The van der Waals surface area contributed by atoms with Crippen LogP contribution in [0.1, 0.15) is 63.7 Å². The molecule has 4 nitrogen and oxygen atoms in total. The lowest BCUT2D eigenvalue weighted by molar-refractivity contribution is -0.0691. The van der Waals surface area contributed by atoms with E-state index in [0.29, 0.717) is 0 Å². The van der Waals surface area contributed by atoms with Gasteiger partial charge in [-0.25, -0.2) is 0 Å². The van der Waals surface area contributed by atoms with Crippen LogP contribution in [0.3, 0.4) is 0 Å². The molecule has 114 valence electrons. The van der Waals surface area contributed by atoms with E-state index in [0.717, 1.165) is 23.6 Å². The summed E-state index contributed by atoms with van der Waals surface area (Å²) < 4.78 is 8.00. The summed E-state index contributed by atoms with van der Waals surface area (Å²) in [5.74, 6) is 0. The number of halogens is 1. The Kier molecular flexibility index (Phi) is 5.10. The Balaban J connectivity index is 2.43. The molecule has 1 atom stereocenters. The summed E-state index contributed by atoms with van der Waals surface area (Å²) in [5, 5.41) is 8.59. The van der Waals surface area contributed by atoms with Crippen molar-refractivity contribution < 1.29 is 4.74 Å². The van der Waals surface area contributed by atoms with E-state index < -0.39 is 0 Å². The van der Waals surface area contributed by atoms with Crippen LogP contribution < -0.4 is 5.32 Å². The van der Waals surface area contributed by atoms with Crippen LogP contribution in [0.25, 0.3) is 0 Å². The van der Waals surface area contributed by atoms with Crippen molar-refractivity contribution in [2.75, 3.05) is 14.2 Å². The molecular weight excluding hydrogens is 274 g/mol. The van der Waals surface area contributed by atoms with Gasteiger partial charge in [0, 0.05) is 13.2 Å². The minimum absolute atomic E-state index is 0.0743. The maximum Gasteiger partial charge on any atom is 0.0888 e. The summed E-state index contributed by atoms with van der Waals surface area (Å²) in [6.45, 7) is 4.25. The molecule has 1 aromatic rings. The average Bonchev–Trinajstić information content (AvgIpc) is 2.83. The maximum atomic E-state index is 6.42. The number of hydrogen-bond donors (Lipinski definition) is 1. The second-order valence-corrected chi connectivity index (χ2v) is 6.37. The molecule has 1 unspecified atom stereocenters. The summed E-state index contributed by atoms with van der Waals surface area (Å²) >= 11 is 6.42. The number of nitrogens with zero attached hydrogens (tertiary/aromatic N) is 2. The number of rotatable bonds is 5. The van der Waals surface area contributed by atoms with E-state index in [9.17, 15) is 0 Å². The van der Waals surface area contributed by atoms with Crippen LogP contribution in [0.4, 0.5) is 0 Å². The van der Waals surface area contributed by atoms with Gasteiger partial charge in [-0.15, -0.1) is 0 Å². The van der Waals surface area contributed by atoms with Crippen molar-refractivity contribution in [3.05, 3.63) is 16.9 Å². The predicted molar refractivity (Wildman–Crippen MR) is 82.2 cm³/mol. The van der Waals surface area contributed by atoms with E-state index in [2.05, 4.69) is 24.3 Å². The summed E-state index contributed by atoms with van der Waals surface area (Å²) in [6.07, 6.45) is 7.58. The van der Waals surface area contributed by atoms with E-state index in [1.165, 1.54) is 19.3 Å². The van der Waals surface area contributed by atoms with Gasteiger partial charge >= 0.3 is 0 Å². The maximum absolute atomic E-state index is 6.42. The number of hydrogen-bond acceptors (Lipinski definition) is 3. The SMILES string of the molecule is CNC(c1c(Cl)cnn1C(C)C)C1(OC)CCCCC1. The molecule has 20 heavy (non-hydrogen) atoms. The molecule has 0 spiro atoms. The highest BCUT2D eigenvalue weighted by Crippen LogP contribution is 2.43. The van der Waals surface area contributed by atoms with Crippen LogP contribution in [0.15, 0.2) is 6.20 Å². The van der Waals surface area contributed by atoms with Gasteiger partial charge in [-0.1, -0.05) is 30.9 Å². The van der Waals surface area contributed by atoms with Crippen LogP contribution in [0.5, 0.6) is 0 Å². The number of aromatic nitrogens is 2. The molecular formula is C15H26ClN3O. The fourth-order valence-electron chi connectivity index (χ4n) is 3.44. The minimum atomic E-state index is -0.177. The number of ether oxygens (including phenoxy) is 1. The van der Waals surface area contributed by atoms with Crippen molar-refractivity contribution in [3.8, 4) is 0 Å². The van der Waals surface area contributed by atoms with Gasteiger partial charge in [0.25, 0.3) is 0 Å². The van der Waals surface area contributed by atoms with Crippen LogP contribution in [0.2, 0.25) is 5.02 Å². The van der Waals surface area contributed by atoms with Crippen LogP contribution in [-0.2, 0) is 4.74 Å². The number of likely N-dealkylation sites (N-methyl/N-ethyl adjacent to an activating group) is 1. The third-order valence-electron chi connectivity index (χ3n) is 4.47. The molecule has 1 heterocycles.